The van der Waals surface area contributed by atoms with Crippen molar-refractivity contribution in [1.82, 2.24) is 0 Å². The smallest absolute Gasteiger partial charge is 0.0340 e. The molecule has 4 saturated carbocycles. The van der Waals surface area contributed by atoms with Crippen LogP contribution in [-0.2, 0) is 0 Å². The van der Waals surface area contributed by atoms with Gasteiger partial charge in [-0.1, -0.05) is 54.4 Å². The van der Waals surface area contributed by atoms with Gasteiger partial charge in [-0.15, -0.1) is 0 Å². The van der Waals surface area contributed by atoms with Gasteiger partial charge in [0.1, 0.15) is 0 Å². The molecule has 0 N–H and O–H groups in total. The van der Waals surface area contributed by atoms with Gasteiger partial charge < -0.3 is 0 Å². The van der Waals surface area contributed by atoms with Crippen molar-refractivity contribution >= 4 is 12.4 Å². The van der Waals surface area contributed by atoms with Crippen molar-refractivity contribution in [2.75, 3.05) is 0 Å². The molecular formula is C22H36N2. The minimum absolute atomic E-state index is 0.331. The highest BCUT2D eigenvalue weighted by Crippen LogP contribution is 2.75. The molecule has 4 rings (SSSR count). The first-order chi connectivity index (χ1) is 11.2. The van der Waals surface area contributed by atoms with E-state index in [-0.39, 0.29) is 0 Å². The van der Waals surface area contributed by atoms with Gasteiger partial charge in [0.15, 0.2) is 0 Å². The van der Waals surface area contributed by atoms with Crippen LogP contribution in [0.2, 0.25) is 0 Å². The molecule has 6 unspecified atom stereocenters. The molecule has 4 aliphatic carbocycles. The Morgan fingerprint density at radius 1 is 0.667 bits per heavy atom. The molecule has 0 aromatic carbocycles. The Morgan fingerprint density at radius 2 is 1.04 bits per heavy atom. The average molecular weight is 329 g/mol. The van der Waals surface area contributed by atoms with E-state index >= 15 is 0 Å². The van der Waals surface area contributed by atoms with Gasteiger partial charge in [-0.3, -0.25) is 0 Å². The maximum atomic E-state index is 4.64. The van der Waals surface area contributed by atoms with Crippen LogP contribution in [-0.4, -0.2) is 12.4 Å². The molecule has 0 aromatic rings. The summed E-state index contributed by atoms with van der Waals surface area (Å²) in [4.78, 5) is 0. The van der Waals surface area contributed by atoms with Gasteiger partial charge in [0, 0.05) is 23.3 Å². The van der Waals surface area contributed by atoms with Crippen molar-refractivity contribution in [1.29, 1.82) is 0 Å². The molecule has 0 radical (unpaired) electrons. The summed E-state index contributed by atoms with van der Waals surface area (Å²) >= 11 is 0. The molecule has 0 amide bonds. The van der Waals surface area contributed by atoms with Crippen molar-refractivity contribution in [2.24, 2.45) is 55.5 Å². The summed E-state index contributed by atoms with van der Waals surface area (Å²) in [5.41, 5.74) is 1.52. The summed E-state index contributed by atoms with van der Waals surface area (Å²) in [5, 5.41) is 9.28. The molecule has 0 bridgehead atoms. The monoisotopic (exact) mass is 328 g/mol. The molecule has 134 valence electrons. The largest absolute Gasteiger partial charge is 0.163 e. The molecule has 0 heterocycles. The van der Waals surface area contributed by atoms with Gasteiger partial charge in [0.2, 0.25) is 0 Å². The zero-order valence-corrected chi connectivity index (χ0v) is 16.6. The van der Waals surface area contributed by atoms with E-state index in [0.29, 0.717) is 21.7 Å². The standard InChI is InChI=1S/C22H36N2/c1-15-7-9-17-19(3,4)21(17,11-15)13-23-24-14-22-12-16(2)8-10-18(22)20(22,5)6/h13-18H,7-12H2,1-6H3/b23-13+,24-14+. The fourth-order valence-corrected chi connectivity index (χ4v) is 7.20. The van der Waals surface area contributed by atoms with Crippen LogP contribution in [0.25, 0.3) is 0 Å². The number of hydrogen-bond donors (Lipinski definition) is 0. The third-order valence-corrected chi connectivity index (χ3v) is 9.13. The first-order valence-electron chi connectivity index (χ1n) is 10.3. The Hall–Kier alpha value is -0.660. The normalized spacial score (nSPS) is 51.4. The van der Waals surface area contributed by atoms with Gasteiger partial charge in [-0.05, 0) is 60.2 Å². The fourth-order valence-electron chi connectivity index (χ4n) is 7.20. The van der Waals surface area contributed by atoms with Crippen molar-refractivity contribution in [3.63, 3.8) is 0 Å². The number of nitrogens with zero attached hydrogens (tertiary/aromatic N) is 2. The van der Waals surface area contributed by atoms with Gasteiger partial charge in [-0.2, -0.15) is 10.2 Å². The van der Waals surface area contributed by atoms with Crippen LogP contribution in [0.5, 0.6) is 0 Å². The summed E-state index contributed by atoms with van der Waals surface area (Å²) in [6.45, 7) is 14.6. The zero-order valence-electron chi connectivity index (χ0n) is 16.6. The molecule has 6 atom stereocenters. The Kier molecular flexibility index (Phi) is 3.46. The summed E-state index contributed by atoms with van der Waals surface area (Å²) in [6, 6.07) is 0. The molecule has 4 aliphatic rings. The lowest BCUT2D eigenvalue weighted by Gasteiger charge is -2.24. The third kappa shape index (κ3) is 2.01. The van der Waals surface area contributed by atoms with E-state index in [9.17, 15) is 0 Å². The zero-order chi connectivity index (χ0) is 17.4. The topological polar surface area (TPSA) is 24.7 Å². The number of fused-ring (bicyclic) bond motifs is 2. The van der Waals surface area contributed by atoms with Crippen molar-refractivity contribution in [3.05, 3.63) is 0 Å². The second-order valence-corrected chi connectivity index (χ2v) is 10.9. The lowest BCUT2D eigenvalue weighted by Crippen LogP contribution is -2.20. The average Bonchev–Trinajstić information content (AvgIpc) is 3.19. The predicted molar refractivity (Wildman–Crippen MR) is 102 cm³/mol. The molecule has 24 heavy (non-hydrogen) atoms. The minimum Gasteiger partial charge on any atom is -0.163 e. The van der Waals surface area contributed by atoms with Crippen LogP contribution in [0, 0.1) is 45.3 Å². The maximum absolute atomic E-state index is 4.64. The van der Waals surface area contributed by atoms with E-state index < -0.39 is 0 Å². The van der Waals surface area contributed by atoms with Crippen LogP contribution in [0.3, 0.4) is 0 Å². The highest BCUT2D eigenvalue weighted by molar-refractivity contribution is 5.76. The van der Waals surface area contributed by atoms with Crippen molar-refractivity contribution < 1.29 is 0 Å². The molecular weight excluding hydrogens is 292 g/mol. The minimum atomic E-state index is 0.331. The fraction of sp³-hybridized carbons (Fsp3) is 0.909. The Morgan fingerprint density at radius 3 is 1.42 bits per heavy atom. The van der Waals surface area contributed by atoms with Gasteiger partial charge in [-0.25, -0.2) is 0 Å². The van der Waals surface area contributed by atoms with Crippen LogP contribution in [0.1, 0.15) is 80.1 Å². The molecule has 2 nitrogen and oxygen atoms in total. The Bertz CT molecular complexity index is 535. The summed E-state index contributed by atoms with van der Waals surface area (Å²) < 4.78 is 0. The molecule has 0 aliphatic heterocycles. The maximum Gasteiger partial charge on any atom is 0.0340 e. The Labute approximate surface area is 148 Å². The SMILES string of the molecule is CC1CCC2C(C)(C)C2(/C=N/N=C/C23CC(C)CCC2C3(C)C)C1. The van der Waals surface area contributed by atoms with Gasteiger partial charge >= 0.3 is 0 Å². The molecule has 0 saturated heterocycles. The summed E-state index contributed by atoms with van der Waals surface area (Å²) in [7, 11) is 0. The third-order valence-electron chi connectivity index (χ3n) is 9.13. The van der Waals surface area contributed by atoms with E-state index in [1.54, 1.807) is 0 Å². The van der Waals surface area contributed by atoms with Gasteiger partial charge in [0.05, 0.1) is 0 Å². The predicted octanol–water partition coefficient (Wildman–Crippen LogP) is 5.97. The second kappa shape index (κ2) is 4.95. The van der Waals surface area contributed by atoms with Gasteiger partial charge in [0.25, 0.3) is 0 Å². The van der Waals surface area contributed by atoms with Crippen molar-refractivity contribution in [2.45, 2.75) is 80.1 Å². The van der Waals surface area contributed by atoms with E-state index in [2.05, 4.69) is 64.2 Å². The van der Waals surface area contributed by atoms with E-state index in [1.807, 2.05) is 0 Å². The van der Waals surface area contributed by atoms with E-state index in [4.69, 9.17) is 0 Å². The second-order valence-electron chi connectivity index (χ2n) is 10.9. The van der Waals surface area contributed by atoms with Crippen LogP contribution >= 0.6 is 0 Å². The summed E-state index contributed by atoms with van der Waals surface area (Å²) in [6.07, 6.45) is 12.6. The first-order valence-corrected chi connectivity index (χ1v) is 10.3. The molecule has 0 spiro atoms. The lowest BCUT2D eigenvalue weighted by atomic mass is 9.81. The highest BCUT2D eigenvalue weighted by atomic mass is 15.2. The number of rotatable bonds is 3. The van der Waals surface area contributed by atoms with Crippen LogP contribution in [0.4, 0.5) is 0 Å². The number of hydrogen-bond acceptors (Lipinski definition) is 2. The Balaban J connectivity index is 1.49. The summed E-state index contributed by atoms with van der Waals surface area (Å²) in [5.74, 6) is 3.34. The molecule has 4 fully saturated rings. The highest BCUT2D eigenvalue weighted by Gasteiger charge is 2.71. The first kappa shape index (κ1) is 16.8. The van der Waals surface area contributed by atoms with Crippen LogP contribution in [0.15, 0.2) is 10.2 Å². The van der Waals surface area contributed by atoms with E-state index in [0.717, 1.165) is 23.7 Å². The van der Waals surface area contributed by atoms with Crippen molar-refractivity contribution in [3.8, 4) is 0 Å². The van der Waals surface area contributed by atoms with Crippen LogP contribution < -0.4 is 0 Å². The van der Waals surface area contributed by atoms with E-state index in [1.165, 1.54) is 38.5 Å². The lowest BCUT2D eigenvalue weighted by molar-refractivity contribution is 0.325. The molecule has 2 heteroatoms. The quantitative estimate of drug-likeness (QED) is 0.450. The molecule has 0 aromatic heterocycles.